The van der Waals surface area contributed by atoms with Crippen LogP contribution in [0.15, 0.2) is 36.5 Å². The molecule has 0 radical (unpaired) electrons. The number of hydrogen-bond donors (Lipinski definition) is 3. The molecule has 0 saturated carbocycles. The molecule has 1 aromatic heterocycles. The standard InChI is InChI=1S/C13H14N4/c14-9-10-3-4-13(12(15)8-10)17-7-5-11-2-1-6-16-11/h1-4,6,8,16-17H,5,7,15H2. The molecule has 0 saturated heterocycles. The number of benzene rings is 1. The largest absolute Gasteiger partial charge is 0.397 e. The number of aromatic nitrogens is 1. The van der Waals surface area contributed by atoms with E-state index in [-0.39, 0.29) is 0 Å². The Balaban J connectivity index is 1.93. The van der Waals surface area contributed by atoms with Gasteiger partial charge < -0.3 is 16.0 Å². The Morgan fingerprint density at radius 3 is 2.88 bits per heavy atom. The van der Waals surface area contributed by atoms with Crippen molar-refractivity contribution in [1.82, 2.24) is 4.98 Å². The molecule has 0 atom stereocenters. The number of nitrogens with two attached hydrogens (primary N) is 1. The van der Waals surface area contributed by atoms with Gasteiger partial charge in [0.15, 0.2) is 0 Å². The summed E-state index contributed by atoms with van der Waals surface area (Å²) in [6.07, 6.45) is 2.82. The average Bonchev–Trinajstić information content (AvgIpc) is 2.84. The highest BCUT2D eigenvalue weighted by Gasteiger charge is 2.00. The van der Waals surface area contributed by atoms with Gasteiger partial charge in [0, 0.05) is 24.9 Å². The molecular formula is C13H14N4. The van der Waals surface area contributed by atoms with E-state index in [4.69, 9.17) is 11.0 Å². The van der Waals surface area contributed by atoms with Crippen LogP contribution >= 0.6 is 0 Å². The lowest BCUT2D eigenvalue weighted by Gasteiger charge is -2.08. The molecule has 17 heavy (non-hydrogen) atoms. The van der Waals surface area contributed by atoms with Crippen molar-refractivity contribution >= 4 is 11.4 Å². The maximum absolute atomic E-state index is 8.72. The molecule has 4 nitrogen and oxygen atoms in total. The lowest BCUT2D eigenvalue weighted by Crippen LogP contribution is -2.07. The zero-order valence-electron chi connectivity index (χ0n) is 9.40. The lowest BCUT2D eigenvalue weighted by molar-refractivity contribution is 0.978. The topological polar surface area (TPSA) is 77.6 Å². The number of nitrogen functional groups attached to an aromatic ring is 1. The molecule has 2 rings (SSSR count). The van der Waals surface area contributed by atoms with Crippen LogP contribution in [-0.4, -0.2) is 11.5 Å². The van der Waals surface area contributed by atoms with Crippen LogP contribution in [0.5, 0.6) is 0 Å². The molecule has 0 unspecified atom stereocenters. The number of anilines is 2. The predicted molar refractivity (Wildman–Crippen MR) is 68.6 cm³/mol. The predicted octanol–water partition coefficient (Wildman–Crippen LogP) is 2.12. The van der Waals surface area contributed by atoms with Crippen LogP contribution < -0.4 is 11.1 Å². The number of nitriles is 1. The molecule has 4 N–H and O–H groups in total. The van der Waals surface area contributed by atoms with E-state index in [1.807, 2.05) is 24.4 Å². The van der Waals surface area contributed by atoms with E-state index < -0.39 is 0 Å². The minimum absolute atomic E-state index is 0.581. The molecule has 86 valence electrons. The molecule has 2 aromatic rings. The quantitative estimate of drug-likeness (QED) is 0.699. The Morgan fingerprint density at radius 1 is 1.35 bits per heavy atom. The fourth-order valence-corrected chi connectivity index (χ4v) is 1.65. The molecule has 0 aliphatic heterocycles. The molecule has 4 heteroatoms. The van der Waals surface area contributed by atoms with Gasteiger partial charge in [-0.05, 0) is 30.3 Å². The number of rotatable bonds is 4. The van der Waals surface area contributed by atoms with Crippen molar-refractivity contribution in [3.05, 3.63) is 47.8 Å². The molecule has 0 fully saturated rings. The highest BCUT2D eigenvalue weighted by atomic mass is 14.9. The van der Waals surface area contributed by atoms with Crippen LogP contribution in [-0.2, 0) is 6.42 Å². The first-order valence-corrected chi connectivity index (χ1v) is 5.45. The summed E-state index contributed by atoms with van der Waals surface area (Å²) in [5.41, 5.74) is 9.08. The van der Waals surface area contributed by atoms with E-state index >= 15 is 0 Å². The zero-order chi connectivity index (χ0) is 12.1. The first-order chi connectivity index (χ1) is 8.29. The number of nitrogens with one attached hydrogen (secondary N) is 2. The molecule has 1 heterocycles. The summed E-state index contributed by atoms with van der Waals surface area (Å²) in [6.45, 7) is 0.802. The van der Waals surface area contributed by atoms with Crippen molar-refractivity contribution in [2.24, 2.45) is 0 Å². The summed E-state index contributed by atoms with van der Waals surface area (Å²) in [4.78, 5) is 3.14. The third kappa shape index (κ3) is 2.79. The summed E-state index contributed by atoms with van der Waals surface area (Å²) >= 11 is 0. The van der Waals surface area contributed by atoms with Crippen LogP contribution in [0.3, 0.4) is 0 Å². The van der Waals surface area contributed by atoms with Crippen molar-refractivity contribution in [3.63, 3.8) is 0 Å². The molecular weight excluding hydrogens is 212 g/mol. The summed E-state index contributed by atoms with van der Waals surface area (Å²) in [7, 11) is 0. The third-order valence-corrected chi connectivity index (χ3v) is 2.55. The van der Waals surface area contributed by atoms with E-state index in [1.165, 1.54) is 5.69 Å². The third-order valence-electron chi connectivity index (χ3n) is 2.55. The zero-order valence-corrected chi connectivity index (χ0v) is 9.40. The Bertz CT molecular complexity index is 523. The normalized spacial score (nSPS) is 9.82. The molecule has 0 bridgehead atoms. The Morgan fingerprint density at radius 2 is 2.24 bits per heavy atom. The second-order valence-corrected chi connectivity index (χ2v) is 3.79. The van der Waals surface area contributed by atoms with E-state index in [2.05, 4.69) is 16.4 Å². The van der Waals surface area contributed by atoms with E-state index in [9.17, 15) is 0 Å². The van der Waals surface area contributed by atoms with Gasteiger partial charge in [-0.25, -0.2) is 0 Å². The molecule has 0 aliphatic carbocycles. The van der Waals surface area contributed by atoms with Crippen LogP contribution in [0.25, 0.3) is 0 Å². The first-order valence-electron chi connectivity index (χ1n) is 5.45. The van der Waals surface area contributed by atoms with Gasteiger partial charge in [-0.2, -0.15) is 5.26 Å². The van der Waals surface area contributed by atoms with Gasteiger partial charge in [0.2, 0.25) is 0 Å². The average molecular weight is 226 g/mol. The van der Waals surface area contributed by atoms with Gasteiger partial charge >= 0.3 is 0 Å². The van der Waals surface area contributed by atoms with Crippen LogP contribution in [0.1, 0.15) is 11.3 Å². The summed E-state index contributed by atoms with van der Waals surface area (Å²) < 4.78 is 0. The molecule has 0 amide bonds. The van der Waals surface area contributed by atoms with E-state index in [0.717, 1.165) is 18.7 Å². The van der Waals surface area contributed by atoms with Gasteiger partial charge in [-0.15, -0.1) is 0 Å². The highest BCUT2D eigenvalue weighted by molar-refractivity contribution is 5.68. The summed E-state index contributed by atoms with van der Waals surface area (Å²) in [5, 5.41) is 12.0. The van der Waals surface area contributed by atoms with Crippen molar-refractivity contribution < 1.29 is 0 Å². The summed E-state index contributed by atoms with van der Waals surface area (Å²) in [5.74, 6) is 0. The van der Waals surface area contributed by atoms with E-state index in [1.54, 1.807) is 12.1 Å². The Hall–Kier alpha value is -2.41. The lowest BCUT2D eigenvalue weighted by atomic mass is 10.2. The van der Waals surface area contributed by atoms with Crippen molar-refractivity contribution in [1.29, 1.82) is 5.26 Å². The second-order valence-electron chi connectivity index (χ2n) is 3.79. The maximum Gasteiger partial charge on any atom is 0.0992 e. The number of hydrogen-bond acceptors (Lipinski definition) is 3. The maximum atomic E-state index is 8.72. The monoisotopic (exact) mass is 226 g/mol. The fraction of sp³-hybridized carbons (Fsp3) is 0.154. The smallest absolute Gasteiger partial charge is 0.0992 e. The minimum atomic E-state index is 0.581. The first kappa shape index (κ1) is 11.1. The Kier molecular flexibility index (Phi) is 3.31. The fourth-order valence-electron chi connectivity index (χ4n) is 1.65. The van der Waals surface area contributed by atoms with Gasteiger partial charge in [-0.1, -0.05) is 0 Å². The second kappa shape index (κ2) is 5.08. The van der Waals surface area contributed by atoms with Crippen molar-refractivity contribution in [2.75, 3.05) is 17.6 Å². The number of nitrogens with zero attached hydrogens (tertiary/aromatic N) is 1. The van der Waals surface area contributed by atoms with Crippen LogP contribution in [0.4, 0.5) is 11.4 Å². The SMILES string of the molecule is N#Cc1ccc(NCCc2ccc[nH]2)c(N)c1. The van der Waals surface area contributed by atoms with Gasteiger partial charge in [-0.3, -0.25) is 0 Å². The molecule has 0 aliphatic rings. The van der Waals surface area contributed by atoms with Crippen molar-refractivity contribution in [3.8, 4) is 6.07 Å². The number of aromatic amines is 1. The van der Waals surface area contributed by atoms with E-state index in [0.29, 0.717) is 11.3 Å². The van der Waals surface area contributed by atoms with Crippen LogP contribution in [0.2, 0.25) is 0 Å². The minimum Gasteiger partial charge on any atom is -0.397 e. The number of H-pyrrole nitrogens is 1. The highest BCUT2D eigenvalue weighted by Crippen LogP contribution is 2.19. The molecule has 1 aromatic carbocycles. The van der Waals surface area contributed by atoms with Crippen LogP contribution in [0, 0.1) is 11.3 Å². The van der Waals surface area contributed by atoms with Crippen molar-refractivity contribution in [2.45, 2.75) is 6.42 Å². The van der Waals surface area contributed by atoms with Gasteiger partial charge in [0.25, 0.3) is 0 Å². The Labute approximate surface area is 100 Å². The summed E-state index contributed by atoms with van der Waals surface area (Å²) in [6, 6.07) is 11.4. The van der Waals surface area contributed by atoms with Gasteiger partial charge in [0.1, 0.15) is 0 Å². The van der Waals surface area contributed by atoms with Gasteiger partial charge in [0.05, 0.1) is 23.0 Å². The molecule has 0 spiro atoms.